The highest BCUT2D eigenvalue weighted by Gasteiger charge is 2.15. The zero-order valence-electron chi connectivity index (χ0n) is 12.0. The van der Waals surface area contributed by atoms with Crippen molar-refractivity contribution in [1.82, 2.24) is 0 Å². The Morgan fingerprint density at radius 2 is 2.00 bits per heavy atom. The number of aliphatic hydroxyl groups excluding tert-OH is 1. The molecule has 3 N–H and O–H groups in total. The van der Waals surface area contributed by atoms with Gasteiger partial charge in [-0.2, -0.15) is 0 Å². The van der Waals surface area contributed by atoms with E-state index in [1.165, 1.54) is 19.3 Å². The molecule has 1 aliphatic rings. The molecule has 1 saturated carbocycles. The van der Waals surface area contributed by atoms with Crippen molar-refractivity contribution >= 4 is 0 Å². The monoisotopic (exact) mass is 279 g/mol. The van der Waals surface area contributed by atoms with Gasteiger partial charge in [0, 0.05) is 6.54 Å². The van der Waals surface area contributed by atoms with Gasteiger partial charge >= 0.3 is 0 Å². The van der Waals surface area contributed by atoms with Crippen LogP contribution in [0.1, 0.15) is 37.7 Å². The lowest BCUT2D eigenvalue weighted by atomic mass is 9.98. The van der Waals surface area contributed by atoms with E-state index in [9.17, 15) is 5.11 Å². The van der Waals surface area contributed by atoms with Gasteiger partial charge in [0.1, 0.15) is 18.5 Å². The number of benzene rings is 1. The normalized spacial score (nSPS) is 17.9. The maximum atomic E-state index is 9.89. The van der Waals surface area contributed by atoms with Crippen molar-refractivity contribution in [3.05, 3.63) is 29.8 Å². The third kappa shape index (κ3) is 5.12. The third-order valence-electron chi connectivity index (χ3n) is 3.65. The third-order valence-corrected chi connectivity index (χ3v) is 3.65. The van der Waals surface area contributed by atoms with Crippen LogP contribution in [0.3, 0.4) is 0 Å². The van der Waals surface area contributed by atoms with Crippen molar-refractivity contribution in [1.29, 1.82) is 0 Å². The van der Waals surface area contributed by atoms with Crippen LogP contribution in [0.5, 0.6) is 5.75 Å². The van der Waals surface area contributed by atoms with Crippen LogP contribution in [0, 0.1) is 0 Å². The molecule has 1 aromatic rings. The quantitative estimate of drug-likeness (QED) is 0.803. The first-order valence-electron chi connectivity index (χ1n) is 7.49. The van der Waals surface area contributed by atoms with Gasteiger partial charge in [-0.05, 0) is 30.5 Å². The summed E-state index contributed by atoms with van der Waals surface area (Å²) in [6, 6.07) is 7.63. The smallest absolute Gasteiger partial charge is 0.119 e. The van der Waals surface area contributed by atoms with Crippen LogP contribution in [0.15, 0.2) is 24.3 Å². The van der Waals surface area contributed by atoms with Crippen LogP contribution in [0.25, 0.3) is 0 Å². The number of rotatable bonds is 7. The summed E-state index contributed by atoms with van der Waals surface area (Å²) in [4.78, 5) is 0. The second-order valence-corrected chi connectivity index (χ2v) is 5.41. The maximum Gasteiger partial charge on any atom is 0.119 e. The fraction of sp³-hybridized carbons (Fsp3) is 0.625. The molecular weight excluding hydrogens is 254 g/mol. The van der Waals surface area contributed by atoms with Gasteiger partial charge in [0.25, 0.3) is 0 Å². The Morgan fingerprint density at radius 1 is 1.20 bits per heavy atom. The molecule has 0 saturated heterocycles. The predicted octanol–water partition coefficient (Wildman–Crippen LogP) is 2.23. The number of ether oxygens (including phenoxy) is 2. The molecule has 20 heavy (non-hydrogen) atoms. The van der Waals surface area contributed by atoms with E-state index in [2.05, 4.69) is 0 Å². The summed E-state index contributed by atoms with van der Waals surface area (Å²) in [7, 11) is 0. The van der Waals surface area contributed by atoms with Crippen LogP contribution in [0.2, 0.25) is 0 Å². The van der Waals surface area contributed by atoms with Crippen molar-refractivity contribution in [2.24, 2.45) is 5.73 Å². The van der Waals surface area contributed by atoms with Gasteiger partial charge < -0.3 is 20.3 Å². The molecule has 0 amide bonds. The van der Waals surface area contributed by atoms with Crippen molar-refractivity contribution in [3.63, 3.8) is 0 Å². The standard InChI is InChI=1S/C16H25NO3/c17-10-13-5-4-8-16(9-13)20-12-14(18)11-19-15-6-2-1-3-7-15/h4-5,8-9,14-15,18H,1-3,6-7,10-12,17H2. The molecule has 0 spiro atoms. The summed E-state index contributed by atoms with van der Waals surface area (Å²) >= 11 is 0. The van der Waals surface area contributed by atoms with E-state index in [1.54, 1.807) is 0 Å². The van der Waals surface area contributed by atoms with Gasteiger partial charge in [-0.15, -0.1) is 0 Å². The van der Waals surface area contributed by atoms with Gasteiger partial charge in [-0.1, -0.05) is 31.4 Å². The lowest BCUT2D eigenvalue weighted by molar-refractivity contribution is -0.0363. The van der Waals surface area contributed by atoms with Gasteiger partial charge in [-0.25, -0.2) is 0 Å². The summed E-state index contributed by atoms with van der Waals surface area (Å²) in [6.07, 6.45) is 5.76. The molecule has 0 aliphatic heterocycles. The molecule has 4 heteroatoms. The lowest BCUT2D eigenvalue weighted by Gasteiger charge is -2.23. The molecule has 1 unspecified atom stereocenters. The summed E-state index contributed by atoms with van der Waals surface area (Å²) in [5.41, 5.74) is 6.60. The zero-order valence-corrected chi connectivity index (χ0v) is 12.0. The Labute approximate surface area is 120 Å². The average molecular weight is 279 g/mol. The number of nitrogens with two attached hydrogens (primary N) is 1. The average Bonchev–Trinajstić information content (AvgIpc) is 2.52. The summed E-state index contributed by atoms with van der Waals surface area (Å²) in [5.74, 6) is 0.740. The summed E-state index contributed by atoms with van der Waals surface area (Å²) in [6.45, 7) is 1.09. The van der Waals surface area contributed by atoms with Gasteiger partial charge in [-0.3, -0.25) is 0 Å². The molecule has 0 bridgehead atoms. The highest BCUT2D eigenvalue weighted by molar-refractivity contribution is 5.28. The zero-order chi connectivity index (χ0) is 14.2. The molecule has 0 heterocycles. The van der Waals surface area contributed by atoms with Gasteiger partial charge in [0.05, 0.1) is 12.7 Å². The Bertz CT molecular complexity index is 391. The first kappa shape index (κ1) is 15.3. The van der Waals surface area contributed by atoms with Crippen LogP contribution in [-0.2, 0) is 11.3 Å². The SMILES string of the molecule is NCc1cccc(OCC(O)COC2CCCCC2)c1. The number of hydrogen-bond donors (Lipinski definition) is 2. The Balaban J connectivity index is 1.67. The van der Waals surface area contributed by atoms with Gasteiger partial charge in [0.2, 0.25) is 0 Å². The molecule has 0 radical (unpaired) electrons. The van der Waals surface area contributed by atoms with Crippen LogP contribution in [0.4, 0.5) is 0 Å². The molecule has 2 rings (SSSR count). The summed E-state index contributed by atoms with van der Waals surface area (Å²) < 4.78 is 11.3. The molecule has 112 valence electrons. The highest BCUT2D eigenvalue weighted by Crippen LogP contribution is 2.20. The molecule has 1 aromatic carbocycles. The number of hydrogen-bond acceptors (Lipinski definition) is 4. The first-order chi connectivity index (χ1) is 9.78. The van der Waals surface area contributed by atoms with E-state index in [0.717, 1.165) is 24.2 Å². The van der Waals surface area contributed by atoms with Crippen molar-refractivity contribution in [2.45, 2.75) is 50.9 Å². The summed E-state index contributed by atoms with van der Waals surface area (Å²) in [5, 5.41) is 9.89. The minimum atomic E-state index is -0.585. The predicted molar refractivity (Wildman–Crippen MR) is 78.7 cm³/mol. The van der Waals surface area contributed by atoms with E-state index >= 15 is 0 Å². The minimum absolute atomic E-state index is 0.251. The Hall–Kier alpha value is -1.10. The van der Waals surface area contributed by atoms with Crippen molar-refractivity contribution < 1.29 is 14.6 Å². The number of aliphatic hydroxyl groups is 1. The van der Waals surface area contributed by atoms with E-state index in [4.69, 9.17) is 15.2 Å². The molecular formula is C16H25NO3. The molecule has 1 aliphatic carbocycles. The van der Waals surface area contributed by atoms with E-state index in [1.807, 2.05) is 24.3 Å². The van der Waals surface area contributed by atoms with Crippen molar-refractivity contribution in [3.8, 4) is 5.75 Å². The van der Waals surface area contributed by atoms with Crippen LogP contribution < -0.4 is 10.5 Å². The van der Waals surface area contributed by atoms with Gasteiger partial charge in [0.15, 0.2) is 0 Å². The maximum absolute atomic E-state index is 9.89. The van der Waals surface area contributed by atoms with Crippen LogP contribution >= 0.6 is 0 Å². The van der Waals surface area contributed by atoms with E-state index in [0.29, 0.717) is 19.3 Å². The molecule has 0 aromatic heterocycles. The fourth-order valence-electron chi connectivity index (χ4n) is 2.48. The largest absolute Gasteiger partial charge is 0.491 e. The fourth-order valence-corrected chi connectivity index (χ4v) is 2.48. The minimum Gasteiger partial charge on any atom is -0.491 e. The highest BCUT2D eigenvalue weighted by atomic mass is 16.5. The van der Waals surface area contributed by atoms with E-state index < -0.39 is 6.10 Å². The molecule has 1 fully saturated rings. The van der Waals surface area contributed by atoms with Crippen molar-refractivity contribution in [2.75, 3.05) is 13.2 Å². The van der Waals surface area contributed by atoms with E-state index in [-0.39, 0.29) is 6.61 Å². The Kier molecular flexibility index (Phi) is 6.30. The Morgan fingerprint density at radius 3 is 2.75 bits per heavy atom. The molecule has 4 nitrogen and oxygen atoms in total. The van der Waals surface area contributed by atoms with Crippen LogP contribution in [-0.4, -0.2) is 30.5 Å². The topological polar surface area (TPSA) is 64.7 Å². The second kappa shape index (κ2) is 8.25. The first-order valence-corrected chi connectivity index (χ1v) is 7.49. The lowest BCUT2D eigenvalue weighted by Crippen LogP contribution is -2.27. The molecule has 1 atom stereocenters. The second-order valence-electron chi connectivity index (χ2n) is 5.41.